The van der Waals surface area contributed by atoms with Crippen LogP contribution in [-0.2, 0) is 28.6 Å². The summed E-state index contributed by atoms with van der Waals surface area (Å²) in [5.41, 5.74) is -0.481. The molecule has 0 rings (SSSR count). The van der Waals surface area contributed by atoms with Gasteiger partial charge in [0, 0.05) is 6.92 Å². The summed E-state index contributed by atoms with van der Waals surface area (Å²) in [4.78, 5) is 32.3. The Labute approximate surface area is 80.4 Å². The van der Waals surface area contributed by atoms with Crippen molar-refractivity contribution >= 4 is 17.9 Å². The molecule has 0 aliphatic rings. The van der Waals surface area contributed by atoms with Crippen molar-refractivity contribution < 1.29 is 28.6 Å². The summed E-state index contributed by atoms with van der Waals surface area (Å²) in [6.07, 6.45) is 0.694. The van der Waals surface area contributed by atoms with Gasteiger partial charge in [-0.3, -0.25) is 4.79 Å². The predicted molar refractivity (Wildman–Crippen MR) is 43.9 cm³/mol. The average molecular weight is 202 g/mol. The minimum absolute atomic E-state index is 0.481. The Bertz CT molecular complexity index is 260. The SMILES string of the molecule is COC(=O)C(=COC(C)=O)C(=O)OC. The monoisotopic (exact) mass is 202 g/mol. The lowest BCUT2D eigenvalue weighted by molar-refractivity contribution is -0.144. The fourth-order valence-corrected chi connectivity index (χ4v) is 0.541. The lowest BCUT2D eigenvalue weighted by Crippen LogP contribution is -2.16. The summed E-state index contributed by atoms with van der Waals surface area (Å²) in [6, 6.07) is 0. The lowest BCUT2D eigenvalue weighted by Gasteiger charge is -2.02. The smallest absolute Gasteiger partial charge is 0.348 e. The predicted octanol–water partition coefficient (Wildman–Crippen LogP) is -0.221. The minimum atomic E-state index is -0.932. The van der Waals surface area contributed by atoms with Crippen LogP contribution in [0.1, 0.15) is 6.92 Å². The maximum atomic E-state index is 10.9. The van der Waals surface area contributed by atoms with Crippen LogP contribution in [0.25, 0.3) is 0 Å². The molecule has 78 valence electrons. The van der Waals surface area contributed by atoms with Crippen LogP contribution < -0.4 is 0 Å². The third kappa shape index (κ3) is 3.70. The molecule has 0 unspecified atom stereocenters. The second-order valence-corrected chi connectivity index (χ2v) is 2.12. The normalized spacial score (nSPS) is 8.50. The van der Waals surface area contributed by atoms with Crippen molar-refractivity contribution in [1.82, 2.24) is 0 Å². The van der Waals surface area contributed by atoms with Gasteiger partial charge in [0.05, 0.1) is 14.2 Å². The molecule has 14 heavy (non-hydrogen) atoms. The Morgan fingerprint density at radius 2 is 1.43 bits per heavy atom. The van der Waals surface area contributed by atoms with Crippen molar-refractivity contribution in [3.05, 3.63) is 11.8 Å². The first-order chi connectivity index (χ1) is 6.52. The van der Waals surface area contributed by atoms with Crippen LogP contribution in [0, 0.1) is 0 Å². The van der Waals surface area contributed by atoms with Gasteiger partial charge in [0.1, 0.15) is 6.26 Å². The highest BCUT2D eigenvalue weighted by Crippen LogP contribution is 2.01. The molecule has 0 aromatic carbocycles. The van der Waals surface area contributed by atoms with Gasteiger partial charge in [0.25, 0.3) is 0 Å². The molecular weight excluding hydrogens is 192 g/mol. The van der Waals surface area contributed by atoms with E-state index >= 15 is 0 Å². The molecule has 0 aliphatic carbocycles. The molecule has 0 heterocycles. The molecule has 0 aliphatic heterocycles. The standard InChI is InChI=1S/C8H10O6/c1-5(9)14-4-6(7(10)12-2)8(11)13-3/h4H,1-3H3. The Morgan fingerprint density at radius 3 is 1.71 bits per heavy atom. The first kappa shape index (κ1) is 12.2. The van der Waals surface area contributed by atoms with Crippen molar-refractivity contribution in [2.24, 2.45) is 0 Å². The van der Waals surface area contributed by atoms with Gasteiger partial charge in [0.2, 0.25) is 0 Å². The van der Waals surface area contributed by atoms with E-state index in [4.69, 9.17) is 0 Å². The lowest BCUT2D eigenvalue weighted by atomic mass is 10.3. The van der Waals surface area contributed by atoms with E-state index in [1.165, 1.54) is 0 Å². The zero-order chi connectivity index (χ0) is 11.1. The van der Waals surface area contributed by atoms with Gasteiger partial charge in [-0.1, -0.05) is 0 Å². The molecule has 6 heteroatoms. The molecule has 0 amide bonds. The van der Waals surface area contributed by atoms with Crippen LogP contribution in [-0.4, -0.2) is 32.1 Å². The second kappa shape index (κ2) is 5.74. The van der Waals surface area contributed by atoms with E-state index in [2.05, 4.69) is 14.2 Å². The highest BCUT2D eigenvalue weighted by molar-refractivity contribution is 6.13. The number of hydrogen-bond acceptors (Lipinski definition) is 6. The maximum absolute atomic E-state index is 10.9. The summed E-state index contributed by atoms with van der Waals surface area (Å²) >= 11 is 0. The Kier molecular flexibility index (Phi) is 4.98. The van der Waals surface area contributed by atoms with Crippen LogP contribution in [0.5, 0.6) is 0 Å². The number of carbonyl (C=O) groups is 3. The molecule has 6 nitrogen and oxygen atoms in total. The van der Waals surface area contributed by atoms with Crippen molar-refractivity contribution in [2.45, 2.75) is 6.92 Å². The maximum Gasteiger partial charge on any atom is 0.348 e. The van der Waals surface area contributed by atoms with Gasteiger partial charge >= 0.3 is 17.9 Å². The van der Waals surface area contributed by atoms with E-state index in [0.29, 0.717) is 6.26 Å². The van der Waals surface area contributed by atoms with Crippen LogP contribution in [0.4, 0.5) is 0 Å². The zero-order valence-electron chi connectivity index (χ0n) is 8.03. The summed E-state index contributed by atoms with van der Waals surface area (Å²) in [6.45, 7) is 1.13. The van der Waals surface area contributed by atoms with Gasteiger partial charge < -0.3 is 14.2 Å². The second-order valence-electron chi connectivity index (χ2n) is 2.12. The van der Waals surface area contributed by atoms with Crippen molar-refractivity contribution in [3.63, 3.8) is 0 Å². The van der Waals surface area contributed by atoms with Crippen LogP contribution >= 0.6 is 0 Å². The first-order valence-corrected chi connectivity index (χ1v) is 3.57. The third-order valence-electron chi connectivity index (χ3n) is 1.15. The summed E-state index contributed by atoms with van der Waals surface area (Å²) in [5.74, 6) is -2.52. The molecular formula is C8H10O6. The van der Waals surface area contributed by atoms with Crippen molar-refractivity contribution in [3.8, 4) is 0 Å². The van der Waals surface area contributed by atoms with Gasteiger partial charge in [0.15, 0.2) is 5.57 Å². The summed E-state index contributed by atoms with van der Waals surface area (Å²) in [7, 11) is 2.18. The van der Waals surface area contributed by atoms with E-state index in [-0.39, 0.29) is 0 Å². The van der Waals surface area contributed by atoms with E-state index < -0.39 is 23.5 Å². The van der Waals surface area contributed by atoms with Gasteiger partial charge in [-0.15, -0.1) is 0 Å². The fourth-order valence-electron chi connectivity index (χ4n) is 0.541. The molecule has 0 N–H and O–H groups in total. The first-order valence-electron chi connectivity index (χ1n) is 3.57. The number of esters is 3. The van der Waals surface area contributed by atoms with Crippen LogP contribution in [0.2, 0.25) is 0 Å². The van der Waals surface area contributed by atoms with Gasteiger partial charge in [-0.25, -0.2) is 9.59 Å². The Morgan fingerprint density at radius 1 is 1.00 bits per heavy atom. The third-order valence-corrected chi connectivity index (χ3v) is 1.15. The summed E-state index contributed by atoms with van der Waals surface area (Å²) < 4.78 is 12.9. The molecule has 0 atom stereocenters. The Hall–Kier alpha value is -1.85. The topological polar surface area (TPSA) is 78.9 Å². The zero-order valence-corrected chi connectivity index (χ0v) is 8.03. The largest absolute Gasteiger partial charge is 0.465 e. The van der Waals surface area contributed by atoms with Crippen LogP contribution in [0.15, 0.2) is 11.8 Å². The van der Waals surface area contributed by atoms with E-state index in [1.807, 2.05) is 0 Å². The molecule has 0 aromatic rings. The van der Waals surface area contributed by atoms with Gasteiger partial charge in [-0.05, 0) is 0 Å². The molecule has 0 saturated carbocycles. The van der Waals surface area contributed by atoms with Crippen molar-refractivity contribution in [1.29, 1.82) is 0 Å². The number of carbonyl (C=O) groups excluding carboxylic acids is 3. The average Bonchev–Trinajstić information content (AvgIpc) is 2.16. The van der Waals surface area contributed by atoms with Crippen LogP contribution in [0.3, 0.4) is 0 Å². The van der Waals surface area contributed by atoms with E-state index in [0.717, 1.165) is 21.1 Å². The van der Waals surface area contributed by atoms with E-state index in [9.17, 15) is 14.4 Å². The van der Waals surface area contributed by atoms with E-state index in [1.54, 1.807) is 0 Å². The molecule has 0 bridgehead atoms. The molecule has 0 fully saturated rings. The molecule has 0 aromatic heterocycles. The summed E-state index contributed by atoms with van der Waals surface area (Å²) in [5, 5.41) is 0. The number of methoxy groups -OCH3 is 2. The molecule has 0 saturated heterocycles. The minimum Gasteiger partial charge on any atom is -0.465 e. The molecule has 0 radical (unpaired) electrons. The highest BCUT2D eigenvalue weighted by atomic mass is 16.6. The van der Waals surface area contributed by atoms with Gasteiger partial charge in [-0.2, -0.15) is 0 Å². The van der Waals surface area contributed by atoms with Crippen molar-refractivity contribution in [2.75, 3.05) is 14.2 Å². The highest BCUT2D eigenvalue weighted by Gasteiger charge is 2.20. The number of ether oxygens (including phenoxy) is 3. The fraction of sp³-hybridized carbons (Fsp3) is 0.375. The quantitative estimate of drug-likeness (QED) is 0.157. The number of hydrogen-bond donors (Lipinski definition) is 0. The molecule has 0 spiro atoms. The number of rotatable bonds is 3. The Balaban J connectivity index is 4.71.